The molecule has 9 nitrogen and oxygen atoms in total. The zero-order valence-corrected chi connectivity index (χ0v) is 19.5. The van der Waals surface area contributed by atoms with Crippen LogP contribution in [0.1, 0.15) is 56.8 Å². The van der Waals surface area contributed by atoms with Gasteiger partial charge < -0.3 is 4.57 Å². The fourth-order valence-corrected chi connectivity index (χ4v) is 5.67. The van der Waals surface area contributed by atoms with E-state index in [-0.39, 0.29) is 29.4 Å². The predicted molar refractivity (Wildman–Crippen MR) is 129 cm³/mol. The van der Waals surface area contributed by atoms with Gasteiger partial charge in [0.2, 0.25) is 0 Å². The van der Waals surface area contributed by atoms with Gasteiger partial charge in [0.05, 0.1) is 11.5 Å². The van der Waals surface area contributed by atoms with Crippen LogP contribution in [-0.2, 0) is 19.6 Å². The second-order valence-corrected chi connectivity index (χ2v) is 9.39. The first kappa shape index (κ1) is 22.3. The predicted octanol–water partition coefficient (Wildman–Crippen LogP) is 3.82. The van der Waals surface area contributed by atoms with E-state index < -0.39 is 4.92 Å². The number of benzene rings is 1. The highest BCUT2D eigenvalue weighted by Gasteiger charge is 2.40. The van der Waals surface area contributed by atoms with Gasteiger partial charge in [0.15, 0.2) is 11.2 Å². The van der Waals surface area contributed by atoms with Crippen LogP contribution in [0.5, 0.6) is 0 Å². The van der Waals surface area contributed by atoms with Gasteiger partial charge in [-0.15, -0.1) is 0 Å². The third-order valence-corrected chi connectivity index (χ3v) is 7.17. The summed E-state index contributed by atoms with van der Waals surface area (Å²) in [7, 11) is 0. The molecule has 0 saturated heterocycles. The molecule has 1 saturated carbocycles. The topological polar surface area (TPSA) is 105 Å². The van der Waals surface area contributed by atoms with Crippen molar-refractivity contribution in [2.24, 2.45) is 11.8 Å². The number of para-hydroxylation sites is 1. The molecule has 34 heavy (non-hydrogen) atoms. The molecule has 0 radical (unpaired) electrons. The molecule has 3 aromatic rings. The van der Waals surface area contributed by atoms with Crippen LogP contribution in [0.15, 0.2) is 46.0 Å². The number of nitro groups is 1. The van der Waals surface area contributed by atoms with E-state index in [9.17, 15) is 19.7 Å². The van der Waals surface area contributed by atoms with Crippen molar-refractivity contribution in [2.45, 2.75) is 65.1 Å². The van der Waals surface area contributed by atoms with Crippen molar-refractivity contribution >= 4 is 16.9 Å². The van der Waals surface area contributed by atoms with E-state index in [0.29, 0.717) is 48.1 Å². The Hall–Kier alpha value is -3.49. The Balaban J connectivity index is 1.80. The lowest BCUT2D eigenvalue weighted by Gasteiger charge is -2.19. The number of allylic oxidation sites excluding steroid dienone is 2. The molecule has 5 rings (SSSR count). The Morgan fingerprint density at radius 1 is 1.03 bits per heavy atom. The van der Waals surface area contributed by atoms with E-state index in [0.717, 1.165) is 25.1 Å². The number of aromatic nitrogens is 4. The summed E-state index contributed by atoms with van der Waals surface area (Å²) in [4.78, 5) is 43.1. The normalized spacial score (nSPS) is 21.1. The molecule has 0 N–H and O–H groups in total. The third-order valence-electron chi connectivity index (χ3n) is 7.17. The van der Waals surface area contributed by atoms with Gasteiger partial charge in [-0.2, -0.15) is 0 Å². The molecule has 178 valence electrons. The van der Waals surface area contributed by atoms with Crippen LogP contribution in [-0.4, -0.2) is 23.6 Å². The van der Waals surface area contributed by atoms with Crippen molar-refractivity contribution in [3.8, 4) is 0 Å². The molecule has 2 aromatic heterocycles. The van der Waals surface area contributed by atoms with E-state index in [1.54, 1.807) is 22.8 Å². The number of rotatable bonds is 8. The molecule has 2 bridgehead atoms. The van der Waals surface area contributed by atoms with Crippen LogP contribution in [0.2, 0.25) is 0 Å². The lowest BCUT2D eigenvalue weighted by molar-refractivity contribution is -0.385. The lowest BCUT2D eigenvalue weighted by Crippen LogP contribution is -2.40. The standard InChI is InChI=1S/C25H29N5O4/c1-3-11-27-23-21(24(31)28(12-4-2)25(27)32)29(15-18-7-5-6-8-20(18)30(33)34)22(26-23)19-14-16-9-10-17(19)13-16/h5-10,16-17,19H,3-4,11-15H2,1-2H3/t16-,17+,19-/m0/s1. The maximum atomic E-state index is 13.7. The van der Waals surface area contributed by atoms with E-state index in [1.807, 2.05) is 18.4 Å². The number of nitrogens with zero attached hydrogens (tertiary/aromatic N) is 5. The van der Waals surface area contributed by atoms with Crippen molar-refractivity contribution in [3.63, 3.8) is 0 Å². The molecule has 1 aromatic carbocycles. The Bertz CT molecular complexity index is 1410. The average molecular weight is 464 g/mol. The first-order valence-electron chi connectivity index (χ1n) is 12.1. The van der Waals surface area contributed by atoms with Gasteiger partial charge in [-0.3, -0.25) is 24.0 Å². The van der Waals surface area contributed by atoms with Gasteiger partial charge in [-0.05, 0) is 37.5 Å². The largest absolute Gasteiger partial charge is 0.332 e. The van der Waals surface area contributed by atoms with Crippen LogP contribution in [0.4, 0.5) is 5.69 Å². The van der Waals surface area contributed by atoms with Crippen LogP contribution in [0, 0.1) is 22.0 Å². The highest BCUT2D eigenvalue weighted by atomic mass is 16.6. The van der Waals surface area contributed by atoms with Crippen LogP contribution in [0.25, 0.3) is 11.2 Å². The molecule has 0 aliphatic heterocycles. The molecule has 2 heterocycles. The SMILES string of the molecule is CCCn1c(=O)c2c(nc([C@H]3C[C@H]4C=C[C@@H]3C4)n2Cc2ccccc2[N+](=O)[O-])n(CCC)c1=O. The van der Waals surface area contributed by atoms with E-state index in [2.05, 4.69) is 12.2 Å². The molecule has 0 unspecified atom stereocenters. The lowest BCUT2D eigenvalue weighted by atomic mass is 9.92. The van der Waals surface area contributed by atoms with E-state index in [4.69, 9.17) is 4.98 Å². The van der Waals surface area contributed by atoms with Crippen molar-refractivity contribution in [2.75, 3.05) is 0 Å². The summed E-state index contributed by atoms with van der Waals surface area (Å²) in [5.41, 5.74) is 0.576. The highest BCUT2D eigenvalue weighted by molar-refractivity contribution is 5.72. The third kappa shape index (κ3) is 3.50. The minimum absolute atomic E-state index is 0.0129. The maximum absolute atomic E-state index is 13.7. The Morgan fingerprint density at radius 3 is 2.41 bits per heavy atom. The zero-order chi connectivity index (χ0) is 24.0. The fourth-order valence-electron chi connectivity index (χ4n) is 5.67. The maximum Gasteiger partial charge on any atom is 0.332 e. The van der Waals surface area contributed by atoms with Gasteiger partial charge >= 0.3 is 5.69 Å². The molecule has 9 heteroatoms. The smallest absolute Gasteiger partial charge is 0.317 e. The summed E-state index contributed by atoms with van der Waals surface area (Å²) < 4.78 is 4.76. The second-order valence-electron chi connectivity index (χ2n) is 9.39. The number of hydrogen-bond donors (Lipinski definition) is 0. The van der Waals surface area contributed by atoms with Gasteiger partial charge in [0.25, 0.3) is 11.2 Å². The van der Waals surface area contributed by atoms with Crippen molar-refractivity contribution in [1.82, 2.24) is 18.7 Å². The van der Waals surface area contributed by atoms with Gasteiger partial charge in [-0.1, -0.05) is 44.2 Å². The quantitative estimate of drug-likeness (QED) is 0.287. The van der Waals surface area contributed by atoms with E-state index >= 15 is 0 Å². The number of imidazole rings is 1. The molecular weight excluding hydrogens is 434 g/mol. The Kier molecular flexibility index (Phi) is 5.71. The molecule has 0 spiro atoms. The van der Waals surface area contributed by atoms with Gasteiger partial charge in [0, 0.05) is 30.6 Å². The summed E-state index contributed by atoms with van der Waals surface area (Å²) in [5, 5.41) is 11.7. The zero-order valence-electron chi connectivity index (χ0n) is 19.5. The second kappa shape index (κ2) is 8.70. The van der Waals surface area contributed by atoms with Crippen molar-refractivity contribution in [3.05, 3.63) is 78.8 Å². The summed E-state index contributed by atoms with van der Waals surface area (Å²) in [6.07, 6.45) is 7.83. The first-order valence-corrected chi connectivity index (χ1v) is 12.1. The van der Waals surface area contributed by atoms with Gasteiger partial charge in [0.1, 0.15) is 5.82 Å². The summed E-state index contributed by atoms with van der Waals surface area (Å²) in [6.45, 7) is 4.85. The van der Waals surface area contributed by atoms with Gasteiger partial charge in [-0.25, -0.2) is 9.78 Å². The molecule has 2 aliphatic carbocycles. The number of fused-ring (bicyclic) bond motifs is 3. The molecule has 0 amide bonds. The molecular formula is C25H29N5O4. The number of hydrogen-bond acceptors (Lipinski definition) is 5. The molecule has 3 atom stereocenters. The summed E-state index contributed by atoms with van der Waals surface area (Å²) >= 11 is 0. The minimum atomic E-state index is -0.392. The Labute approximate surface area is 196 Å². The Morgan fingerprint density at radius 2 is 1.76 bits per heavy atom. The monoisotopic (exact) mass is 463 g/mol. The first-order chi connectivity index (χ1) is 16.4. The van der Waals surface area contributed by atoms with Crippen LogP contribution < -0.4 is 11.2 Å². The highest BCUT2D eigenvalue weighted by Crippen LogP contribution is 2.48. The van der Waals surface area contributed by atoms with Crippen molar-refractivity contribution in [1.29, 1.82) is 0 Å². The van der Waals surface area contributed by atoms with Crippen molar-refractivity contribution < 1.29 is 4.92 Å². The van der Waals surface area contributed by atoms with Crippen LogP contribution >= 0.6 is 0 Å². The molecule has 1 fully saturated rings. The van der Waals surface area contributed by atoms with Crippen LogP contribution in [0.3, 0.4) is 0 Å². The number of nitro benzene ring substituents is 1. The average Bonchev–Trinajstić information content (AvgIpc) is 3.54. The molecule has 2 aliphatic rings. The summed E-state index contributed by atoms with van der Waals surface area (Å²) in [5.74, 6) is 1.69. The number of aryl methyl sites for hydroxylation is 1. The minimum Gasteiger partial charge on any atom is -0.317 e. The van der Waals surface area contributed by atoms with E-state index in [1.165, 1.54) is 10.6 Å². The summed E-state index contributed by atoms with van der Waals surface area (Å²) in [6, 6.07) is 6.62. The fraction of sp³-hybridized carbons (Fsp3) is 0.480.